The molecule has 0 atom stereocenters. The van der Waals surface area contributed by atoms with Gasteiger partial charge in [0.05, 0.1) is 6.54 Å². The Kier molecular flexibility index (Phi) is 8.48. The Morgan fingerprint density at radius 3 is 2.73 bits per heavy atom. The van der Waals surface area contributed by atoms with Gasteiger partial charge in [-0.3, -0.25) is 10.2 Å². The number of rotatable bonds is 10. The first-order chi connectivity index (χ1) is 14.6. The monoisotopic (exact) mass is 490 g/mol. The molecule has 1 aliphatic heterocycles. The molecule has 160 valence electrons. The van der Waals surface area contributed by atoms with E-state index < -0.39 is 0 Å². The molecule has 1 heterocycles. The quantitative estimate of drug-likeness (QED) is 0.431. The smallest absolute Gasteiger partial charge is 0.262 e. The van der Waals surface area contributed by atoms with Gasteiger partial charge in [0.2, 0.25) is 0 Å². The van der Waals surface area contributed by atoms with Gasteiger partial charge in [0.25, 0.3) is 5.91 Å². The zero-order valence-electron chi connectivity index (χ0n) is 17.2. The Balaban J connectivity index is 1.70. The van der Waals surface area contributed by atoms with E-state index in [1.165, 1.54) is 11.9 Å². The predicted molar refractivity (Wildman–Crippen MR) is 125 cm³/mol. The fourth-order valence-corrected chi connectivity index (χ4v) is 4.23. The van der Waals surface area contributed by atoms with Gasteiger partial charge in [-0.2, -0.15) is 4.41 Å². The summed E-state index contributed by atoms with van der Waals surface area (Å²) in [5.74, 6) is 1.48. The van der Waals surface area contributed by atoms with E-state index in [1.807, 2.05) is 66.8 Å². The Bertz CT molecular complexity index is 892. The number of hydrogen-bond acceptors (Lipinski definition) is 6. The summed E-state index contributed by atoms with van der Waals surface area (Å²) < 4.78 is 9.02. The van der Waals surface area contributed by atoms with Crippen molar-refractivity contribution in [3.63, 3.8) is 0 Å². The number of benzene rings is 2. The van der Waals surface area contributed by atoms with E-state index in [0.717, 1.165) is 40.1 Å². The highest BCUT2D eigenvalue weighted by atomic mass is 79.9. The Morgan fingerprint density at radius 1 is 1.20 bits per heavy atom. The highest BCUT2D eigenvalue weighted by Gasteiger charge is 2.28. The van der Waals surface area contributed by atoms with Crippen LogP contribution in [0.3, 0.4) is 0 Å². The van der Waals surface area contributed by atoms with Crippen molar-refractivity contribution in [2.24, 2.45) is 0 Å². The highest BCUT2D eigenvalue weighted by Crippen LogP contribution is 2.33. The molecule has 8 heteroatoms. The number of amides is 1. The van der Waals surface area contributed by atoms with E-state index in [-0.39, 0.29) is 5.91 Å². The summed E-state index contributed by atoms with van der Waals surface area (Å²) >= 11 is 4.95. The van der Waals surface area contributed by atoms with Crippen LogP contribution in [0.5, 0.6) is 5.75 Å². The molecule has 2 aromatic carbocycles. The third-order valence-electron chi connectivity index (χ3n) is 4.33. The molecular formula is C22H27BrN4O2S. The molecule has 0 radical (unpaired) electrons. The first-order valence-electron chi connectivity index (χ1n) is 10.0. The number of hydrogen-bond donors (Lipinski definition) is 3. The minimum Gasteiger partial charge on any atom is -0.489 e. The maximum Gasteiger partial charge on any atom is 0.262 e. The van der Waals surface area contributed by atoms with Crippen LogP contribution in [0.15, 0.2) is 63.7 Å². The summed E-state index contributed by atoms with van der Waals surface area (Å²) in [5, 5.41) is 6.19. The van der Waals surface area contributed by atoms with Crippen LogP contribution in [-0.2, 0) is 17.9 Å². The van der Waals surface area contributed by atoms with Gasteiger partial charge in [-0.05, 0) is 49.1 Å². The van der Waals surface area contributed by atoms with Crippen LogP contribution in [0.2, 0.25) is 0 Å². The van der Waals surface area contributed by atoms with Gasteiger partial charge < -0.3 is 15.4 Å². The van der Waals surface area contributed by atoms with Crippen molar-refractivity contribution in [1.82, 2.24) is 20.5 Å². The molecule has 0 spiro atoms. The average Bonchev–Trinajstić information content (AvgIpc) is 3.15. The number of halogens is 1. The SMILES string of the molecule is CCCNC(=O)C1=C(NCC)NN(Cc2cc(Br)ccc2OCc2ccccc2)S1. The molecule has 0 saturated carbocycles. The van der Waals surface area contributed by atoms with Crippen molar-refractivity contribution in [2.75, 3.05) is 13.1 Å². The molecule has 3 rings (SSSR count). The summed E-state index contributed by atoms with van der Waals surface area (Å²) in [7, 11) is 0. The van der Waals surface area contributed by atoms with Crippen LogP contribution in [0.4, 0.5) is 0 Å². The molecule has 6 nitrogen and oxygen atoms in total. The first-order valence-corrected chi connectivity index (χ1v) is 11.6. The molecule has 0 aromatic heterocycles. The average molecular weight is 491 g/mol. The molecule has 0 fully saturated rings. The molecule has 0 bridgehead atoms. The molecule has 2 aromatic rings. The Hall–Kier alpha value is -2.16. The minimum atomic E-state index is -0.0670. The van der Waals surface area contributed by atoms with Crippen molar-refractivity contribution in [1.29, 1.82) is 0 Å². The van der Waals surface area contributed by atoms with Crippen LogP contribution in [0, 0.1) is 0 Å². The second-order valence-electron chi connectivity index (χ2n) is 6.76. The lowest BCUT2D eigenvalue weighted by Gasteiger charge is -2.19. The standard InChI is InChI=1S/C22H27BrN4O2S/c1-3-12-25-22(28)20-21(24-4-2)26-27(30-20)14-17-13-18(23)10-11-19(17)29-15-16-8-6-5-7-9-16/h5-11,13,24,26H,3-4,12,14-15H2,1-2H3,(H,25,28). The third kappa shape index (κ3) is 6.17. The molecule has 1 amide bonds. The summed E-state index contributed by atoms with van der Waals surface area (Å²) in [6.45, 7) is 6.49. The van der Waals surface area contributed by atoms with E-state index in [1.54, 1.807) is 0 Å². The molecule has 3 N–H and O–H groups in total. The number of carbonyl (C=O) groups excluding carboxylic acids is 1. The van der Waals surface area contributed by atoms with Crippen molar-refractivity contribution in [2.45, 2.75) is 33.4 Å². The van der Waals surface area contributed by atoms with Crippen LogP contribution < -0.4 is 20.8 Å². The number of carbonyl (C=O) groups is 1. The Labute approximate surface area is 190 Å². The molecular weight excluding hydrogens is 464 g/mol. The minimum absolute atomic E-state index is 0.0670. The van der Waals surface area contributed by atoms with Gasteiger partial charge in [-0.15, -0.1) is 0 Å². The van der Waals surface area contributed by atoms with E-state index in [2.05, 4.69) is 32.0 Å². The number of hydrazine groups is 1. The normalized spacial score (nSPS) is 13.8. The van der Waals surface area contributed by atoms with Gasteiger partial charge in [0, 0.05) is 23.1 Å². The summed E-state index contributed by atoms with van der Waals surface area (Å²) in [6.07, 6.45) is 0.900. The van der Waals surface area contributed by atoms with E-state index in [4.69, 9.17) is 4.74 Å². The number of ether oxygens (including phenoxy) is 1. The summed E-state index contributed by atoms with van der Waals surface area (Å²) in [4.78, 5) is 13.2. The molecule has 0 unspecified atom stereocenters. The largest absolute Gasteiger partial charge is 0.489 e. The Morgan fingerprint density at radius 2 is 2.00 bits per heavy atom. The van der Waals surface area contributed by atoms with E-state index >= 15 is 0 Å². The number of nitrogens with zero attached hydrogens (tertiary/aromatic N) is 1. The lowest BCUT2D eigenvalue weighted by Crippen LogP contribution is -2.33. The molecule has 0 aliphatic carbocycles. The van der Waals surface area contributed by atoms with E-state index in [0.29, 0.717) is 24.6 Å². The zero-order valence-corrected chi connectivity index (χ0v) is 19.6. The van der Waals surface area contributed by atoms with Gasteiger partial charge in [0.1, 0.15) is 23.1 Å². The lowest BCUT2D eigenvalue weighted by atomic mass is 10.2. The molecule has 0 saturated heterocycles. The number of nitrogens with one attached hydrogen (secondary N) is 3. The topological polar surface area (TPSA) is 65.6 Å². The predicted octanol–water partition coefficient (Wildman–Crippen LogP) is 4.30. The van der Waals surface area contributed by atoms with E-state index in [9.17, 15) is 4.79 Å². The molecule has 30 heavy (non-hydrogen) atoms. The second-order valence-corrected chi connectivity index (χ2v) is 8.70. The zero-order chi connectivity index (χ0) is 21.3. The van der Waals surface area contributed by atoms with Crippen LogP contribution in [0.25, 0.3) is 0 Å². The maximum absolute atomic E-state index is 12.5. The fourth-order valence-electron chi connectivity index (χ4n) is 2.90. The van der Waals surface area contributed by atoms with Crippen molar-refractivity contribution in [3.05, 3.63) is 74.9 Å². The third-order valence-corrected chi connectivity index (χ3v) is 5.84. The van der Waals surface area contributed by atoms with Crippen molar-refractivity contribution in [3.8, 4) is 5.75 Å². The maximum atomic E-state index is 12.5. The molecule has 1 aliphatic rings. The van der Waals surface area contributed by atoms with Crippen LogP contribution in [0.1, 0.15) is 31.4 Å². The highest BCUT2D eigenvalue weighted by molar-refractivity contribution is 9.10. The van der Waals surface area contributed by atoms with Crippen molar-refractivity contribution < 1.29 is 9.53 Å². The van der Waals surface area contributed by atoms with Gasteiger partial charge in [0.15, 0.2) is 0 Å². The lowest BCUT2D eigenvalue weighted by molar-refractivity contribution is -0.116. The summed E-state index contributed by atoms with van der Waals surface area (Å²) in [6, 6.07) is 16.1. The summed E-state index contributed by atoms with van der Waals surface area (Å²) in [5.41, 5.74) is 5.44. The van der Waals surface area contributed by atoms with Crippen LogP contribution >= 0.6 is 27.9 Å². The van der Waals surface area contributed by atoms with Crippen molar-refractivity contribution >= 4 is 33.8 Å². The van der Waals surface area contributed by atoms with Gasteiger partial charge >= 0.3 is 0 Å². The fraction of sp³-hybridized carbons (Fsp3) is 0.318. The first kappa shape index (κ1) is 22.5. The van der Waals surface area contributed by atoms with Gasteiger partial charge in [-0.25, -0.2) is 0 Å². The second kappa shape index (κ2) is 11.3. The van der Waals surface area contributed by atoms with Crippen LogP contribution in [-0.4, -0.2) is 23.4 Å². The van der Waals surface area contributed by atoms with Gasteiger partial charge in [-0.1, -0.05) is 53.2 Å².